The van der Waals surface area contributed by atoms with Crippen LogP contribution in [0.5, 0.6) is 0 Å². The average molecular weight is 952 g/mol. The van der Waals surface area contributed by atoms with E-state index in [1.807, 2.05) is 42.5 Å². The fourth-order valence-electron chi connectivity index (χ4n) is 6.68. The molecule has 0 fully saturated rings. The second-order valence-corrected chi connectivity index (χ2v) is 25.2. The third-order valence-electron chi connectivity index (χ3n) is 9.49. The Kier molecular flexibility index (Phi) is 11.8. The molecule has 0 aliphatic heterocycles. The van der Waals surface area contributed by atoms with Crippen LogP contribution < -0.4 is 4.40 Å². The number of halogens is 2. The zero-order valence-electron chi connectivity index (χ0n) is 31.1. The summed E-state index contributed by atoms with van der Waals surface area (Å²) in [7, 11) is 0. The van der Waals surface area contributed by atoms with E-state index in [2.05, 4.69) is 110 Å². The molecule has 0 spiro atoms. The summed E-state index contributed by atoms with van der Waals surface area (Å²) in [6, 6.07) is 42.5. The number of benzene rings is 5. The Hall–Kier alpha value is -4.75. The van der Waals surface area contributed by atoms with E-state index in [0.29, 0.717) is 28.2 Å². The fraction of sp³-hybridized carbons (Fsp3) is 0.149. The van der Waals surface area contributed by atoms with E-state index in [4.69, 9.17) is 9.40 Å². The molecule has 3 aromatic heterocycles. The Morgan fingerprint density at radius 3 is 2.20 bits per heavy atom. The zero-order valence-corrected chi connectivity index (χ0v) is 35.6. The molecule has 0 bridgehead atoms. The van der Waals surface area contributed by atoms with Gasteiger partial charge in [0.15, 0.2) is 0 Å². The summed E-state index contributed by atoms with van der Waals surface area (Å²) in [5.41, 5.74) is 10.9. The minimum Gasteiger partial charge on any atom is 0 e. The molecule has 0 atom stereocenters. The van der Waals surface area contributed by atoms with Crippen LogP contribution in [-0.2, 0) is 20.1 Å². The molecule has 54 heavy (non-hydrogen) atoms. The van der Waals surface area contributed by atoms with Gasteiger partial charge in [0.25, 0.3) is 0 Å². The Morgan fingerprint density at radius 2 is 1.48 bits per heavy atom. The van der Waals surface area contributed by atoms with Crippen molar-refractivity contribution in [2.24, 2.45) is 0 Å². The predicted molar refractivity (Wildman–Crippen MR) is 217 cm³/mol. The summed E-state index contributed by atoms with van der Waals surface area (Å²) in [4.78, 5) is 9.25. The first kappa shape index (κ1) is 39.0. The minimum atomic E-state index is -1.85. The van der Waals surface area contributed by atoms with Gasteiger partial charge >= 0.3 is 142 Å². The van der Waals surface area contributed by atoms with Crippen molar-refractivity contribution in [3.05, 3.63) is 163 Å². The molecule has 0 unspecified atom stereocenters. The first-order valence-electron chi connectivity index (χ1n) is 17.8. The molecule has 5 aromatic carbocycles. The van der Waals surface area contributed by atoms with Crippen LogP contribution in [0.15, 0.2) is 132 Å². The van der Waals surface area contributed by atoms with Crippen molar-refractivity contribution in [2.75, 3.05) is 0 Å². The molecule has 3 nitrogen and oxygen atoms in total. The fourth-order valence-corrected chi connectivity index (χ4v) is 10.3. The second-order valence-electron chi connectivity index (χ2n) is 14.7. The van der Waals surface area contributed by atoms with Gasteiger partial charge in [-0.2, -0.15) is 0 Å². The monoisotopic (exact) mass is 953 g/mol. The molecule has 7 heteroatoms. The molecular weight excluding hydrogens is 911 g/mol. The van der Waals surface area contributed by atoms with Gasteiger partial charge in [-0.25, -0.2) is 8.78 Å². The van der Waals surface area contributed by atoms with E-state index in [9.17, 15) is 8.78 Å². The molecule has 8 rings (SSSR count). The molecule has 3 heterocycles. The van der Waals surface area contributed by atoms with Crippen LogP contribution in [0.1, 0.15) is 30.9 Å². The molecule has 1 radical (unpaired) electrons. The quantitative estimate of drug-likeness (QED) is 0.123. The smallest absolute Gasteiger partial charge is 0 e. The van der Waals surface area contributed by atoms with Crippen molar-refractivity contribution in [1.29, 1.82) is 0 Å². The van der Waals surface area contributed by atoms with Crippen LogP contribution >= 0.6 is 0 Å². The summed E-state index contributed by atoms with van der Waals surface area (Å²) < 4.78 is 35.2. The van der Waals surface area contributed by atoms with E-state index in [0.717, 1.165) is 39.4 Å². The average Bonchev–Trinajstić information content (AvgIpc) is 3.53. The van der Waals surface area contributed by atoms with Gasteiger partial charge in [0.1, 0.15) is 17.2 Å². The molecule has 0 saturated heterocycles. The first-order valence-corrected chi connectivity index (χ1v) is 25.1. The summed E-state index contributed by atoms with van der Waals surface area (Å²) in [6.45, 7) is 6.49. The van der Waals surface area contributed by atoms with Gasteiger partial charge in [0.2, 0.25) is 0 Å². The van der Waals surface area contributed by atoms with Crippen molar-refractivity contribution in [1.82, 2.24) is 9.97 Å². The number of fused-ring (bicyclic) bond motifs is 3. The summed E-state index contributed by atoms with van der Waals surface area (Å²) in [5.74, 6) is 6.41. The molecule has 0 aliphatic carbocycles. The van der Waals surface area contributed by atoms with E-state index < -0.39 is 24.9 Å². The van der Waals surface area contributed by atoms with Crippen molar-refractivity contribution < 1.29 is 33.3 Å². The molecule has 0 saturated carbocycles. The van der Waals surface area contributed by atoms with Crippen LogP contribution in [0.3, 0.4) is 0 Å². The molecule has 0 aliphatic rings. The normalized spacial score (nSPS) is 11.4. The number of rotatable bonds is 6. The Bertz CT molecular complexity index is 2580. The predicted octanol–water partition coefficient (Wildman–Crippen LogP) is 12.6. The van der Waals surface area contributed by atoms with Crippen molar-refractivity contribution in [3.8, 4) is 44.8 Å². The number of nitrogens with zero attached hydrogens (tertiary/aromatic N) is 2. The van der Waals surface area contributed by atoms with Gasteiger partial charge < -0.3 is 9.40 Å². The number of aryl methyl sites for hydroxylation is 1. The molecule has 273 valence electrons. The van der Waals surface area contributed by atoms with Gasteiger partial charge in [0, 0.05) is 43.3 Å². The summed E-state index contributed by atoms with van der Waals surface area (Å²) >= 11 is -1.85. The van der Waals surface area contributed by atoms with Crippen molar-refractivity contribution in [2.45, 2.75) is 44.0 Å². The number of hydrogen-bond donors (Lipinski definition) is 0. The zero-order chi connectivity index (χ0) is 37.3. The largest absolute Gasteiger partial charge is 0 e. The van der Waals surface area contributed by atoms with Crippen molar-refractivity contribution >= 4 is 39.6 Å². The maximum atomic E-state index is 14.2. The SMILES string of the molecule is CC(C)c1ccnc(-c2[c-]ccc3c2oc2cc(-c4ccc(F)cc4F)ccc23)c1.Cc1cc(-c2[c-]ccc(-c3ccccc3)c2)nc[c]1[Ge]([CH3])([CH3])[CH3].[Ir]. The third kappa shape index (κ3) is 8.32. The van der Waals surface area contributed by atoms with Gasteiger partial charge in [-0.15, -0.1) is 18.2 Å². The minimum absolute atomic E-state index is 0. The number of aromatic nitrogens is 2. The Balaban J connectivity index is 0.000000187. The number of furan rings is 1. The van der Waals surface area contributed by atoms with Gasteiger partial charge in [0.05, 0.1) is 5.58 Å². The molecule has 0 N–H and O–H groups in total. The van der Waals surface area contributed by atoms with E-state index >= 15 is 0 Å². The summed E-state index contributed by atoms with van der Waals surface area (Å²) in [6.07, 6.45) is 3.89. The van der Waals surface area contributed by atoms with E-state index in [1.54, 1.807) is 12.3 Å². The van der Waals surface area contributed by atoms with Crippen LogP contribution in [0.2, 0.25) is 17.3 Å². The standard InChI is InChI=1S/C26H18F2NO.C21H22GeN.Ir/c1-15(2)16-10-11-29-24(12-16)22-5-3-4-21-20-8-6-17(13-25(20)30-26(21)22)19-9-7-18(27)14-23(19)28;1-16-13-21(23-15-20(16)22(2,3)4)19-12-8-11-18(14-19)17-9-6-5-7-10-17;/h3-4,6-15H,1-2H3;5-11,13-15H,1-4H3;/q2*-1;. The van der Waals surface area contributed by atoms with Crippen LogP contribution in [-0.4, -0.2) is 23.2 Å². The third-order valence-corrected chi connectivity index (χ3v) is 14.0. The topological polar surface area (TPSA) is 38.9 Å². The van der Waals surface area contributed by atoms with E-state index in [1.165, 1.54) is 38.8 Å². The maximum Gasteiger partial charge on any atom is 0 e. The molecular formula is C47H40F2GeIrN2O-2. The first-order chi connectivity index (χ1) is 25.5. The van der Waals surface area contributed by atoms with E-state index in [-0.39, 0.29) is 20.1 Å². The second kappa shape index (κ2) is 16.3. The summed E-state index contributed by atoms with van der Waals surface area (Å²) in [5, 5.41) is 1.87. The molecule has 0 amide bonds. The maximum absolute atomic E-state index is 14.2. The van der Waals surface area contributed by atoms with Crippen LogP contribution in [0.4, 0.5) is 8.78 Å². The van der Waals surface area contributed by atoms with Crippen LogP contribution in [0.25, 0.3) is 66.7 Å². The Morgan fingerprint density at radius 1 is 0.704 bits per heavy atom. The van der Waals surface area contributed by atoms with Crippen molar-refractivity contribution in [3.63, 3.8) is 0 Å². The van der Waals surface area contributed by atoms with Crippen LogP contribution in [0, 0.1) is 30.7 Å². The van der Waals surface area contributed by atoms with Gasteiger partial charge in [-0.1, -0.05) is 48.6 Å². The number of hydrogen-bond acceptors (Lipinski definition) is 3. The molecule has 8 aromatic rings. The number of pyridine rings is 2. The Labute approximate surface area is 332 Å². The van der Waals surface area contributed by atoms with Gasteiger partial charge in [-0.05, 0) is 41.4 Å². The van der Waals surface area contributed by atoms with Gasteiger partial charge in [-0.3, -0.25) is 0 Å².